The maximum absolute atomic E-state index is 14.8. The second kappa shape index (κ2) is 8.77. The van der Waals surface area contributed by atoms with Gasteiger partial charge in [-0.1, -0.05) is 0 Å². The molecule has 1 aromatic heterocycles. The Morgan fingerprint density at radius 2 is 1.94 bits per heavy atom. The Morgan fingerprint density at radius 3 is 2.56 bits per heavy atom. The van der Waals surface area contributed by atoms with Gasteiger partial charge in [-0.15, -0.1) is 0 Å². The van der Waals surface area contributed by atoms with E-state index in [-0.39, 0.29) is 16.9 Å². The van der Waals surface area contributed by atoms with Crippen molar-refractivity contribution in [1.29, 1.82) is 0 Å². The van der Waals surface area contributed by atoms with E-state index in [1.807, 2.05) is 0 Å². The van der Waals surface area contributed by atoms with E-state index in [2.05, 4.69) is 15.3 Å². The van der Waals surface area contributed by atoms with Crippen molar-refractivity contribution in [1.82, 2.24) is 24.3 Å². The molecule has 2 N–H and O–H groups in total. The lowest BCUT2D eigenvalue weighted by Gasteiger charge is -2.48. The number of rotatable bonds is 5. The Kier molecular flexibility index (Phi) is 6.12. The van der Waals surface area contributed by atoms with E-state index in [4.69, 9.17) is 0 Å². The molecule has 0 radical (unpaired) electrons. The maximum atomic E-state index is 14.8. The summed E-state index contributed by atoms with van der Waals surface area (Å²) in [6.45, 7) is 6.67. The predicted octanol–water partition coefficient (Wildman–Crippen LogP) is 3.07. The summed E-state index contributed by atoms with van der Waals surface area (Å²) in [5.41, 5.74) is 0.841. The van der Waals surface area contributed by atoms with E-state index in [0.29, 0.717) is 44.6 Å². The number of benzene rings is 1. The number of carbonyl (C=O) groups is 1. The lowest BCUT2D eigenvalue weighted by atomic mass is 9.85. The van der Waals surface area contributed by atoms with Crippen LogP contribution in [0.2, 0.25) is 0 Å². The number of hydrogen-bond donors (Lipinski definition) is 2. The molecule has 0 spiro atoms. The normalized spacial score (nSPS) is 25.1. The van der Waals surface area contributed by atoms with Crippen molar-refractivity contribution >= 4 is 16.1 Å². The summed E-state index contributed by atoms with van der Waals surface area (Å²) in [7, 11) is -3.44. The first-order valence-corrected chi connectivity index (χ1v) is 13.6. The molecule has 3 aliphatic rings. The van der Waals surface area contributed by atoms with Crippen molar-refractivity contribution in [3.63, 3.8) is 0 Å². The van der Waals surface area contributed by atoms with Crippen LogP contribution in [0.4, 0.5) is 13.6 Å². The summed E-state index contributed by atoms with van der Waals surface area (Å²) in [5.74, 6) is -1.18. The molecule has 3 atom stereocenters. The van der Waals surface area contributed by atoms with Crippen molar-refractivity contribution in [2.45, 2.75) is 82.0 Å². The largest absolute Gasteiger partial charge is 0.465 e. The van der Waals surface area contributed by atoms with E-state index in [0.717, 1.165) is 27.8 Å². The number of nitrogens with zero attached hydrogens (tertiary/aromatic N) is 4. The van der Waals surface area contributed by atoms with Gasteiger partial charge in [-0.2, -0.15) is 9.19 Å². The molecular weight excluding hydrogens is 492 g/mol. The minimum atomic E-state index is -3.44. The zero-order valence-corrected chi connectivity index (χ0v) is 21.3. The highest BCUT2D eigenvalue weighted by Crippen LogP contribution is 2.37. The van der Waals surface area contributed by atoms with Crippen LogP contribution in [0, 0.1) is 11.6 Å². The Labute approximate surface area is 209 Å². The Balaban J connectivity index is 1.40. The Morgan fingerprint density at radius 1 is 1.22 bits per heavy atom. The van der Waals surface area contributed by atoms with Crippen LogP contribution >= 0.6 is 0 Å². The SMILES string of the molecule is CC(C)(C)N(C(=O)O)[C@H]1C[C@@H](N2Cc3cn(S(=O)(=O)C4CC4)nc3C2)CN[C@@H]1c1cc(F)ccc1F. The quantitative estimate of drug-likeness (QED) is 0.620. The minimum absolute atomic E-state index is 0.0975. The summed E-state index contributed by atoms with van der Waals surface area (Å²) >= 11 is 0. The summed E-state index contributed by atoms with van der Waals surface area (Å²) in [4.78, 5) is 15.8. The fourth-order valence-electron chi connectivity index (χ4n) is 5.49. The molecule has 12 heteroatoms. The molecule has 9 nitrogen and oxygen atoms in total. The lowest BCUT2D eigenvalue weighted by molar-refractivity contribution is 0.0193. The fraction of sp³-hybridized carbons (Fsp3) is 0.583. The topological polar surface area (TPSA) is 108 Å². The number of carboxylic acid groups (broad SMARTS) is 1. The number of fused-ring (bicyclic) bond motifs is 1. The van der Waals surface area contributed by atoms with Gasteiger partial charge in [0.05, 0.1) is 23.0 Å². The zero-order chi connectivity index (χ0) is 26.0. The van der Waals surface area contributed by atoms with Crippen molar-refractivity contribution in [2.75, 3.05) is 6.54 Å². The van der Waals surface area contributed by atoms with Gasteiger partial charge in [0.1, 0.15) is 11.6 Å². The monoisotopic (exact) mass is 523 g/mol. The molecule has 1 aliphatic carbocycles. The molecule has 3 heterocycles. The van der Waals surface area contributed by atoms with E-state index in [1.54, 1.807) is 27.0 Å². The third kappa shape index (κ3) is 4.50. The average molecular weight is 524 g/mol. The van der Waals surface area contributed by atoms with Gasteiger partial charge in [0.2, 0.25) is 0 Å². The number of aromatic nitrogens is 2. The molecule has 0 unspecified atom stereocenters. The second-order valence-corrected chi connectivity index (χ2v) is 13.0. The maximum Gasteiger partial charge on any atom is 0.408 e. The number of halogens is 2. The molecule has 1 saturated carbocycles. The van der Waals surface area contributed by atoms with Crippen molar-refractivity contribution < 1.29 is 27.1 Å². The van der Waals surface area contributed by atoms with E-state index in [1.165, 1.54) is 4.90 Å². The van der Waals surface area contributed by atoms with Gasteiger partial charge >= 0.3 is 6.09 Å². The van der Waals surface area contributed by atoms with Crippen LogP contribution in [0.3, 0.4) is 0 Å². The smallest absolute Gasteiger partial charge is 0.408 e. The van der Waals surface area contributed by atoms with E-state index >= 15 is 0 Å². The predicted molar refractivity (Wildman–Crippen MR) is 128 cm³/mol. The summed E-state index contributed by atoms with van der Waals surface area (Å²) in [6.07, 6.45) is 2.16. The Bertz CT molecular complexity index is 1260. The lowest BCUT2D eigenvalue weighted by Crippen LogP contribution is -2.61. The van der Waals surface area contributed by atoms with Crippen LogP contribution in [0.5, 0.6) is 0 Å². The molecule has 5 rings (SSSR count). The molecule has 2 fully saturated rings. The summed E-state index contributed by atoms with van der Waals surface area (Å²) in [5, 5.41) is 17.4. The van der Waals surface area contributed by atoms with Crippen LogP contribution < -0.4 is 5.32 Å². The van der Waals surface area contributed by atoms with Gasteiger partial charge in [0, 0.05) is 48.5 Å². The van der Waals surface area contributed by atoms with E-state index < -0.39 is 45.4 Å². The third-order valence-corrected chi connectivity index (χ3v) is 9.35. The first-order chi connectivity index (χ1) is 16.9. The highest BCUT2D eigenvalue weighted by atomic mass is 32.2. The van der Waals surface area contributed by atoms with Crippen molar-refractivity contribution in [3.05, 3.63) is 52.9 Å². The number of nitrogens with one attached hydrogen (secondary N) is 1. The van der Waals surface area contributed by atoms with Gasteiger partial charge < -0.3 is 10.4 Å². The van der Waals surface area contributed by atoms with Gasteiger partial charge in [-0.05, 0) is 58.2 Å². The molecule has 1 aromatic carbocycles. The molecule has 1 amide bonds. The molecule has 1 saturated heterocycles. The minimum Gasteiger partial charge on any atom is -0.465 e. The molecule has 0 bridgehead atoms. The second-order valence-electron chi connectivity index (χ2n) is 11.0. The van der Waals surface area contributed by atoms with Crippen LogP contribution in [-0.4, -0.2) is 68.0 Å². The van der Waals surface area contributed by atoms with Crippen molar-refractivity contribution in [2.24, 2.45) is 0 Å². The third-order valence-electron chi connectivity index (χ3n) is 7.33. The Hall–Kier alpha value is -2.57. The fourth-order valence-corrected chi connectivity index (χ4v) is 7.01. The highest BCUT2D eigenvalue weighted by Gasteiger charge is 2.45. The van der Waals surface area contributed by atoms with Gasteiger partial charge in [0.25, 0.3) is 10.0 Å². The van der Waals surface area contributed by atoms with Crippen molar-refractivity contribution in [3.8, 4) is 0 Å². The van der Waals surface area contributed by atoms with Gasteiger partial charge in [0.15, 0.2) is 0 Å². The zero-order valence-electron chi connectivity index (χ0n) is 20.5. The molecule has 196 valence electrons. The number of amides is 1. The summed E-state index contributed by atoms with van der Waals surface area (Å²) < 4.78 is 55.0. The van der Waals surface area contributed by atoms with Crippen LogP contribution in [0.1, 0.15) is 62.9 Å². The highest BCUT2D eigenvalue weighted by molar-refractivity contribution is 7.90. The standard InChI is InChI=1S/C24H31F2N5O4S/c1-24(2,3)31(23(32)33)21-9-16(10-27-22(21)18-8-15(25)4-7-19(18)26)29-11-14-12-30(28-20(14)13-29)36(34,35)17-5-6-17/h4,7-8,12,16-17,21-22,27H,5-6,9-11,13H2,1-3H3,(H,32,33)/t16-,21+,22-/m1/s1. The number of piperidine rings is 1. The molecular formula is C24H31F2N5O4S. The van der Waals surface area contributed by atoms with Gasteiger partial charge in [-0.25, -0.2) is 22.0 Å². The van der Waals surface area contributed by atoms with Crippen LogP contribution in [-0.2, 0) is 23.1 Å². The van der Waals surface area contributed by atoms with Crippen LogP contribution in [0.25, 0.3) is 0 Å². The first kappa shape index (κ1) is 25.1. The van der Waals surface area contributed by atoms with E-state index in [9.17, 15) is 27.1 Å². The molecule has 2 aliphatic heterocycles. The first-order valence-electron chi connectivity index (χ1n) is 12.1. The molecule has 36 heavy (non-hydrogen) atoms. The number of hydrogen-bond acceptors (Lipinski definition) is 6. The van der Waals surface area contributed by atoms with Crippen LogP contribution in [0.15, 0.2) is 24.4 Å². The van der Waals surface area contributed by atoms with Gasteiger partial charge in [-0.3, -0.25) is 9.80 Å². The average Bonchev–Trinajstić information content (AvgIpc) is 3.45. The molecule has 2 aromatic rings. The summed E-state index contributed by atoms with van der Waals surface area (Å²) in [6, 6.07) is 1.71.